The van der Waals surface area contributed by atoms with Gasteiger partial charge >= 0.3 is 0 Å². The summed E-state index contributed by atoms with van der Waals surface area (Å²) >= 11 is 1.82. The van der Waals surface area contributed by atoms with E-state index in [-0.39, 0.29) is 0 Å². The predicted octanol–water partition coefficient (Wildman–Crippen LogP) is 2.69. The zero-order valence-corrected chi connectivity index (χ0v) is 13.4. The fourth-order valence-electron chi connectivity index (χ4n) is 2.01. The molecule has 0 spiro atoms. The number of nitrogens with zero attached hydrogens (tertiary/aromatic N) is 2. The van der Waals surface area contributed by atoms with Crippen molar-refractivity contribution in [2.75, 3.05) is 13.6 Å². The lowest BCUT2D eigenvalue weighted by atomic mass is 10.1. The van der Waals surface area contributed by atoms with Gasteiger partial charge in [-0.25, -0.2) is 0 Å². The summed E-state index contributed by atoms with van der Waals surface area (Å²) in [4.78, 5) is 9.96. The largest absolute Gasteiger partial charge is 0.356 e. The minimum absolute atomic E-state index is 0.567. The van der Waals surface area contributed by atoms with Crippen LogP contribution in [0.1, 0.15) is 17.5 Å². The summed E-state index contributed by atoms with van der Waals surface area (Å²) in [6, 6.07) is 10.2. The molecule has 0 saturated heterocycles. The van der Waals surface area contributed by atoms with E-state index in [0.717, 1.165) is 24.6 Å². The molecule has 5 heteroatoms. The first kappa shape index (κ1) is 15.5. The maximum Gasteiger partial charge on any atom is 0.191 e. The Morgan fingerprint density at radius 1 is 1.29 bits per heavy atom. The molecule has 1 atom stereocenters. The molecule has 2 N–H and O–H groups in total. The van der Waals surface area contributed by atoms with E-state index < -0.39 is 0 Å². The molecule has 2 aromatic heterocycles. The summed E-state index contributed by atoms with van der Waals surface area (Å²) in [6.45, 7) is 3.83. The summed E-state index contributed by atoms with van der Waals surface area (Å²) in [5, 5.41) is 8.77. The van der Waals surface area contributed by atoms with Crippen molar-refractivity contribution in [3.8, 4) is 0 Å². The third-order valence-electron chi connectivity index (χ3n) is 3.13. The SMILES string of the molecule is CN=C(NCc1ccccn1)NCC(C)Cc1cccs1. The molecule has 0 aliphatic carbocycles. The molecule has 1 unspecified atom stereocenters. The van der Waals surface area contributed by atoms with Gasteiger partial charge in [0.1, 0.15) is 0 Å². The Bertz CT molecular complexity index is 537. The van der Waals surface area contributed by atoms with Gasteiger partial charge in [-0.2, -0.15) is 0 Å². The maximum atomic E-state index is 4.29. The Morgan fingerprint density at radius 2 is 2.19 bits per heavy atom. The van der Waals surface area contributed by atoms with Crippen LogP contribution in [0.25, 0.3) is 0 Å². The van der Waals surface area contributed by atoms with Gasteiger partial charge in [-0.05, 0) is 35.9 Å². The first-order chi connectivity index (χ1) is 10.3. The number of rotatable bonds is 6. The highest BCUT2D eigenvalue weighted by atomic mass is 32.1. The van der Waals surface area contributed by atoms with Gasteiger partial charge in [-0.1, -0.05) is 19.1 Å². The predicted molar refractivity (Wildman–Crippen MR) is 89.6 cm³/mol. The van der Waals surface area contributed by atoms with Gasteiger partial charge in [0.15, 0.2) is 5.96 Å². The Labute approximate surface area is 130 Å². The van der Waals surface area contributed by atoms with Crippen LogP contribution < -0.4 is 10.6 Å². The Morgan fingerprint density at radius 3 is 2.86 bits per heavy atom. The molecular formula is C16H22N4S. The lowest BCUT2D eigenvalue weighted by molar-refractivity contribution is 0.562. The highest BCUT2D eigenvalue weighted by molar-refractivity contribution is 7.09. The van der Waals surface area contributed by atoms with Gasteiger partial charge in [0, 0.05) is 24.7 Å². The quantitative estimate of drug-likeness (QED) is 0.637. The van der Waals surface area contributed by atoms with Crippen LogP contribution in [0, 0.1) is 5.92 Å². The Hall–Kier alpha value is -1.88. The molecule has 0 aliphatic heterocycles. The number of nitrogens with one attached hydrogen (secondary N) is 2. The van der Waals surface area contributed by atoms with E-state index >= 15 is 0 Å². The molecule has 0 amide bonds. The average Bonchev–Trinajstić information content (AvgIpc) is 3.01. The third kappa shape index (κ3) is 5.55. The fraction of sp³-hybridized carbons (Fsp3) is 0.375. The second-order valence-corrected chi connectivity index (χ2v) is 6.05. The zero-order chi connectivity index (χ0) is 14.9. The first-order valence-corrected chi connectivity index (χ1v) is 8.02. The van der Waals surface area contributed by atoms with Crippen LogP contribution in [-0.4, -0.2) is 24.5 Å². The summed E-state index contributed by atoms with van der Waals surface area (Å²) in [5.74, 6) is 1.38. The molecule has 0 radical (unpaired) electrons. The van der Waals surface area contributed by atoms with Crippen molar-refractivity contribution >= 4 is 17.3 Å². The molecule has 0 saturated carbocycles. The van der Waals surface area contributed by atoms with Gasteiger partial charge in [0.05, 0.1) is 12.2 Å². The van der Waals surface area contributed by atoms with E-state index in [0.29, 0.717) is 12.5 Å². The highest BCUT2D eigenvalue weighted by Crippen LogP contribution is 2.13. The monoisotopic (exact) mass is 302 g/mol. The number of aromatic nitrogens is 1. The van der Waals surface area contributed by atoms with Gasteiger partial charge in [-0.3, -0.25) is 9.98 Å². The highest BCUT2D eigenvalue weighted by Gasteiger charge is 2.06. The topological polar surface area (TPSA) is 49.3 Å². The van der Waals surface area contributed by atoms with Crippen molar-refractivity contribution in [3.05, 3.63) is 52.5 Å². The number of pyridine rings is 1. The van der Waals surface area contributed by atoms with Crippen LogP contribution in [0.5, 0.6) is 0 Å². The second-order valence-electron chi connectivity index (χ2n) is 5.02. The molecule has 21 heavy (non-hydrogen) atoms. The van der Waals surface area contributed by atoms with Crippen molar-refractivity contribution < 1.29 is 0 Å². The van der Waals surface area contributed by atoms with E-state index in [4.69, 9.17) is 0 Å². The molecule has 2 aromatic rings. The molecule has 0 fully saturated rings. The molecule has 0 bridgehead atoms. The van der Waals surface area contributed by atoms with E-state index in [9.17, 15) is 0 Å². The van der Waals surface area contributed by atoms with E-state index in [1.165, 1.54) is 4.88 Å². The molecular weight excluding hydrogens is 280 g/mol. The minimum atomic E-state index is 0.567. The van der Waals surface area contributed by atoms with Gasteiger partial charge in [-0.15, -0.1) is 11.3 Å². The van der Waals surface area contributed by atoms with Gasteiger partial charge in [0.2, 0.25) is 0 Å². The summed E-state index contributed by atoms with van der Waals surface area (Å²) in [6.07, 6.45) is 2.90. The third-order valence-corrected chi connectivity index (χ3v) is 4.03. The summed E-state index contributed by atoms with van der Waals surface area (Å²) < 4.78 is 0. The number of hydrogen-bond donors (Lipinski definition) is 2. The smallest absolute Gasteiger partial charge is 0.191 e. The lowest BCUT2D eigenvalue weighted by Gasteiger charge is -2.15. The lowest BCUT2D eigenvalue weighted by Crippen LogP contribution is -2.39. The number of aliphatic imine (C=N–C) groups is 1. The van der Waals surface area contributed by atoms with Crippen LogP contribution in [0.15, 0.2) is 46.9 Å². The zero-order valence-electron chi connectivity index (χ0n) is 12.5. The second kappa shape index (κ2) is 8.42. The Balaban J connectivity index is 1.72. The summed E-state index contributed by atoms with van der Waals surface area (Å²) in [5.41, 5.74) is 1.01. The molecule has 0 aliphatic rings. The first-order valence-electron chi connectivity index (χ1n) is 7.14. The number of hydrogen-bond acceptors (Lipinski definition) is 3. The summed E-state index contributed by atoms with van der Waals surface area (Å²) in [7, 11) is 1.79. The maximum absolute atomic E-state index is 4.29. The van der Waals surface area contributed by atoms with Crippen molar-refractivity contribution in [2.24, 2.45) is 10.9 Å². The van der Waals surface area contributed by atoms with Crippen molar-refractivity contribution in [2.45, 2.75) is 19.9 Å². The van der Waals surface area contributed by atoms with Crippen molar-refractivity contribution in [3.63, 3.8) is 0 Å². The van der Waals surface area contributed by atoms with Crippen molar-refractivity contribution in [1.29, 1.82) is 0 Å². The van der Waals surface area contributed by atoms with Crippen LogP contribution in [0.4, 0.5) is 0 Å². The fourth-order valence-corrected chi connectivity index (χ4v) is 2.88. The minimum Gasteiger partial charge on any atom is -0.356 e. The normalized spacial score (nSPS) is 13.0. The molecule has 0 aromatic carbocycles. The van der Waals surface area contributed by atoms with Crippen LogP contribution >= 0.6 is 11.3 Å². The Kier molecular flexibility index (Phi) is 6.22. The van der Waals surface area contributed by atoms with Crippen molar-refractivity contribution in [1.82, 2.24) is 15.6 Å². The average molecular weight is 302 g/mol. The van der Waals surface area contributed by atoms with Crippen LogP contribution in [0.3, 0.4) is 0 Å². The van der Waals surface area contributed by atoms with E-state index in [1.807, 2.05) is 29.5 Å². The number of guanidine groups is 1. The molecule has 2 rings (SSSR count). The number of thiophene rings is 1. The van der Waals surface area contributed by atoms with Gasteiger partial charge in [0.25, 0.3) is 0 Å². The van der Waals surface area contributed by atoms with E-state index in [2.05, 4.69) is 45.0 Å². The molecule has 2 heterocycles. The van der Waals surface area contributed by atoms with Crippen LogP contribution in [0.2, 0.25) is 0 Å². The van der Waals surface area contributed by atoms with Gasteiger partial charge < -0.3 is 10.6 Å². The molecule has 112 valence electrons. The van der Waals surface area contributed by atoms with Crippen LogP contribution in [-0.2, 0) is 13.0 Å². The standard InChI is InChI=1S/C16H22N4S/c1-13(10-15-7-5-9-21-15)11-19-16(17-2)20-12-14-6-3-4-8-18-14/h3-9,13H,10-12H2,1-2H3,(H2,17,19,20). The molecule has 4 nitrogen and oxygen atoms in total. The van der Waals surface area contributed by atoms with E-state index in [1.54, 1.807) is 13.2 Å².